The molecule has 1 amide bonds. The molecule has 0 radical (unpaired) electrons. The topological polar surface area (TPSA) is 57.7 Å². The van der Waals surface area contributed by atoms with Crippen LogP contribution in [-0.4, -0.2) is 49.7 Å². The lowest BCUT2D eigenvalue weighted by Gasteiger charge is -2.37. The molecule has 0 bridgehead atoms. The van der Waals surface area contributed by atoms with Crippen molar-refractivity contribution in [3.05, 3.63) is 65.5 Å². The number of hydrogen-bond donors (Lipinski definition) is 0. The minimum atomic E-state index is -3.65. The molecule has 2 heterocycles. The molecule has 2 aliphatic heterocycles. The number of carbonyl (C=O) groups excluding carboxylic acids is 1. The third-order valence-corrected chi connectivity index (χ3v) is 9.06. The summed E-state index contributed by atoms with van der Waals surface area (Å²) >= 11 is 0. The molecule has 0 N–H and O–H groups in total. The molecule has 2 aliphatic rings. The van der Waals surface area contributed by atoms with Crippen LogP contribution in [0, 0.1) is 24.6 Å². The predicted octanol–water partition coefficient (Wildman–Crippen LogP) is 4.41. The lowest BCUT2D eigenvalue weighted by molar-refractivity contribution is -0.138. The first-order chi connectivity index (χ1) is 15.8. The van der Waals surface area contributed by atoms with Crippen LogP contribution in [0.2, 0.25) is 0 Å². The van der Waals surface area contributed by atoms with E-state index in [2.05, 4.69) is 31.2 Å². The third kappa shape index (κ3) is 5.82. The van der Waals surface area contributed by atoms with E-state index < -0.39 is 15.8 Å². The molecule has 0 unspecified atom stereocenters. The van der Waals surface area contributed by atoms with Gasteiger partial charge in [-0.25, -0.2) is 12.8 Å². The second-order valence-electron chi connectivity index (χ2n) is 9.43. The summed E-state index contributed by atoms with van der Waals surface area (Å²) in [6, 6.07) is 13.6. The van der Waals surface area contributed by atoms with Gasteiger partial charge in [0.15, 0.2) is 0 Å². The van der Waals surface area contributed by atoms with Gasteiger partial charge in [-0.1, -0.05) is 29.8 Å². The van der Waals surface area contributed by atoms with Crippen molar-refractivity contribution in [3.63, 3.8) is 0 Å². The quantitative estimate of drug-likeness (QED) is 0.626. The average molecular weight is 473 g/mol. The highest BCUT2D eigenvalue weighted by atomic mass is 32.2. The normalized spacial score (nSPS) is 19.0. The summed E-state index contributed by atoms with van der Waals surface area (Å²) in [6.07, 6.45) is 5.38. The Bertz CT molecular complexity index is 1040. The maximum Gasteiger partial charge on any atom is 0.243 e. The number of carbonyl (C=O) groups is 1. The van der Waals surface area contributed by atoms with Gasteiger partial charge in [0, 0.05) is 32.1 Å². The standard InChI is InChI=1S/C26H33FN2O3S/c1-20-2-4-21(5-3-20)6-7-22-12-16-28(17-13-22)26(30)23-14-18-29(19-15-23)33(31,32)25-10-8-24(27)9-11-25/h2-5,8-11,22-23H,6-7,12-19H2,1H3. The Morgan fingerprint density at radius 2 is 1.52 bits per heavy atom. The number of piperidine rings is 2. The highest BCUT2D eigenvalue weighted by molar-refractivity contribution is 7.89. The summed E-state index contributed by atoms with van der Waals surface area (Å²) in [5, 5.41) is 0. The summed E-state index contributed by atoms with van der Waals surface area (Å²) in [5.74, 6) is 0.245. The Balaban J connectivity index is 1.23. The third-order valence-electron chi connectivity index (χ3n) is 7.14. The molecule has 0 spiro atoms. The number of amides is 1. The zero-order valence-electron chi connectivity index (χ0n) is 19.2. The highest BCUT2D eigenvalue weighted by Gasteiger charge is 2.34. The highest BCUT2D eigenvalue weighted by Crippen LogP contribution is 2.28. The van der Waals surface area contributed by atoms with Crippen LogP contribution in [0.5, 0.6) is 0 Å². The van der Waals surface area contributed by atoms with E-state index in [0.29, 0.717) is 31.8 Å². The fourth-order valence-corrected chi connectivity index (χ4v) is 6.39. The molecule has 0 aromatic heterocycles. The number of hydrogen-bond acceptors (Lipinski definition) is 3. The van der Waals surface area contributed by atoms with Crippen LogP contribution in [0.4, 0.5) is 4.39 Å². The smallest absolute Gasteiger partial charge is 0.243 e. The minimum Gasteiger partial charge on any atom is -0.342 e. The average Bonchev–Trinajstić information content (AvgIpc) is 2.84. The van der Waals surface area contributed by atoms with Gasteiger partial charge >= 0.3 is 0 Å². The van der Waals surface area contributed by atoms with Crippen LogP contribution in [0.3, 0.4) is 0 Å². The van der Waals surface area contributed by atoms with Gasteiger partial charge in [0.25, 0.3) is 0 Å². The Labute approximate surface area is 196 Å². The number of sulfonamides is 1. The summed E-state index contributed by atoms with van der Waals surface area (Å²) in [6.45, 7) is 4.34. The van der Waals surface area contributed by atoms with Crippen molar-refractivity contribution in [2.24, 2.45) is 11.8 Å². The molecule has 4 rings (SSSR count). The van der Waals surface area contributed by atoms with Gasteiger partial charge in [-0.15, -0.1) is 0 Å². The molecule has 2 aromatic rings. The molecule has 2 fully saturated rings. The van der Waals surface area contributed by atoms with Crippen LogP contribution >= 0.6 is 0 Å². The number of likely N-dealkylation sites (tertiary alicyclic amines) is 1. The number of rotatable bonds is 6. The second-order valence-corrected chi connectivity index (χ2v) is 11.4. The zero-order valence-corrected chi connectivity index (χ0v) is 20.1. The first-order valence-corrected chi connectivity index (χ1v) is 13.4. The van der Waals surface area contributed by atoms with Gasteiger partial charge in [0.05, 0.1) is 4.90 Å². The van der Waals surface area contributed by atoms with E-state index in [-0.39, 0.29) is 16.7 Å². The van der Waals surface area contributed by atoms with Crippen molar-refractivity contribution in [1.29, 1.82) is 0 Å². The fraction of sp³-hybridized carbons (Fsp3) is 0.500. The Hall–Kier alpha value is -2.25. The lowest BCUT2D eigenvalue weighted by atomic mass is 9.89. The van der Waals surface area contributed by atoms with Gasteiger partial charge in [0.1, 0.15) is 5.82 Å². The van der Waals surface area contributed by atoms with Crippen LogP contribution in [-0.2, 0) is 21.2 Å². The van der Waals surface area contributed by atoms with Crippen LogP contribution in [0.1, 0.15) is 43.2 Å². The van der Waals surface area contributed by atoms with Crippen molar-refractivity contribution in [3.8, 4) is 0 Å². The zero-order chi connectivity index (χ0) is 23.4. The molecule has 178 valence electrons. The predicted molar refractivity (Wildman–Crippen MR) is 127 cm³/mol. The Morgan fingerprint density at radius 3 is 2.12 bits per heavy atom. The van der Waals surface area contributed by atoms with E-state index in [1.165, 1.54) is 27.6 Å². The van der Waals surface area contributed by atoms with E-state index in [4.69, 9.17) is 0 Å². The lowest BCUT2D eigenvalue weighted by Crippen LogP contribution is -2.46. The summed E-state index contributed by atoms with van der Waals surface area (Å²) < 4.78 is 40.2. The number of benzene rings is 2. The van der Waals surface area contributed by atoms with E-state index >= 15 is 0 Å². The molecule has 2 aromatic carbocycles. The van der Waals surface area contributed by atoms with Crippen LogP contribution < -0.4 is 0 Å². The molecule has 5 nitrogen and oxygen atoms in total. The Morgan fingerprint density at radius 1 is 0.909 bits per heavy atom. The fourth-order valence-electron chi connectivity index (χ4n) is 4.92. The van der Waals surface area contributed by atoms with E-state index in [9.17, 15) is 17.6 Å². The second kappa shape index (κ2) is 10.3. The monoisotopic (exact) mass is 472 g/mol. The first-order valence-electron chi connectivity index (χ1n) is 11.9. The van der Waals surface area contributed by atoms with Gasteiger partial charge in [-0.2, -0.15) is 4.31 Å². The van der Waals surface area contributed by atoms with Gasteiger partial charge in [0.2, 0.25) is 15.9 Å². The van der Waals surface area contributed by atoms with Crippen molar-refractivity contribution in [2.75, 3.05) is 26.2 Å². The van der Waals surface area contributed by atoms with Gasteiger partial charge < -0.3 is 4.90 Å². The van der Waals surface area contributed by atoms with Crippen molar-refractivity contribution >= 4 is 15.9 Å². The van der Waals surface area contributed by atoms with Crippen LogP contribution in [0.15, 0.2) is 53.4 Å². The summed E-state index contributed by atoms with van der Waals surface area (Å²) in [7, 11) is -3.65. The minimum absolute atomic E-state index is 0.0985. The molecule has 7 heteroatoms. The molecule has 0 saturated carbocycles. The maximum absolute atomic E-state index is 13.1. The van der Waals surface area contributed by atoms with Gasteiger partial charge in [-0.3, -0.25) is 4.79 Å². The molecular formula is C26H33FN2O3S. The largest absolute Gasteiger partial charge is 0.342 e. The van der Waals surface area contributed by atoms with Crippen LogP contribution in [0.25, 0.3) is 0 Å². The van der Waals surface area contributed by atoms with Crippen molar-refractivity contribution in [2.45, 2.75) is 50.3 Å². The molecule has 0 aliphatic carbocycles. The number of nitrogens with zero attached hydrogens (tertiary/aromatic N) is 2. The van der Waals surface area contributed by atoms with Crippen molar-refractivity contribution < 1.29 is 17.6 Å². The Kier molecular flexibility index (Phi) is 7.49. The first kappa shape index (κ1) is 23.9. The molecule has 0 atom stereocenters. The maximum atomic E-state index is 13.1. The molecular weight excluding hydrogens is 439 g/mol. The molecule has 2 saturated heterocycles. The summed E-state index contributed by atoms with van der Waals surface area (Å²) in [5.41, 5.74) is 2.66. The van der Waals surface area contributed by atoms with E-state index in [1.807, 2.05) is 4.90 Å². The van der Waals surface area contributed by atoms with E-state index in [1.54, 1.807) is 0 Å². The number of aryl methyl sites for hydroxylation is 2. The number of halogens is 1. The SMILES string of the molecule is Cc1ccc(CCC2CCN(C(=O)C3CCN(S(=O)(=O)c4ccc(F)cc4)CC3)CC2)cc1. The summed E-state index contributed by atoms with van der Waals surface area (Å²) in [4.78, 5) is 15.1. The van der Waals surface area contributed by atoms with Crippen molar-refractivity contribution in [1.82, 2.24) is 9.21 Å². The molecule has 33 heavy (non-hydrogen) atoms. The van der Waals surface area contributed by atoms with E-state index in [0.717, 1.165) is 50.9 Å². The van der Waals surface area contributed by atoms with Gasteiger partial charge in [-0.05, 0) is 81.2 Å².